The fourth-order valence-electron chi connectivity index (χ4n) is 2.99. The normalized spacial score (nSPS) is 29.2. The Balaban J connectivity index is 2.52. The summed E-state index contributed by atoms with van der Waals surface area (Å²) in [4.78, 5) is 2.72. The van der Waals surface area contributed by atoms with Crippen LogP contribution in [0.1, 0.15) is 60.3 Å². The van der Waals surface area contributed by atoms with Gasteiger partial charge in [-0.25, -0.2) is 0 Å². The molecule has 1 rings (SSSR count). The van der Waals surface area contributed by atoms with E-state index in [2.05, 4.69) is 44.8 Å². The van der Waals surface area contributed by atoms with Crippen molar-refractivity contribution < 1.29 is 0 Å². The Kier molecular flexibility index (Phi) is 7.25. The molecular weight excluding hydrogens is 220 g/mol. The van der Waals surface area contributed by atoms with E-state index in [9.17, 15) is 0 Å². The molecule has 0 aromatic carbocycles. The van der Waals surface area contributed by atoms with Crippen molar-refractivity contribution in [1.29, 1.82) is 0 Å². The van der Waals surface area contributed by atoms with Gasteiger partial charge in [0.2, 0.25) is 0 Å². The maximum atomic E-state index is 3.76. The van der Waals surface area contributed by atoms with Crippen molar-refractivity contribution in [2.45, 2.75) is 72.4 Å². The minimum absolute atomic E-state index is 0.669. The van der Waals surface area contributed by atoms with Gasteiger partial charge in [-0.15, -0.1) is 0 Å². The lowest BCUT2D eigenvalue weighted by atomic mass is 9.90. The Labute approximate surface area is 115 Å². The highest BCUT2D eigenvalue weighted by atomic mass is 15.2. The van der Waals surface area contributed by atoms with Gasteiger partial charge in [-0.2, -0.15) is 0 Å². The molecule has 18 heavy (non-hydrogen) atoms. The largest absolute Gasteiger partial charge is 0.312 e. The topological polar surface area (TPSA) is 15.3 Å². The van der Waals surface area contributed by atoms with Gasteiger partial charge in [-0.05, 0) is 51.1 Å². The molecule has 1 N–H and O–H groups in total. The van der Waals surface area contributed by atoms with Crippen LogP contribution in [0.2, 0.25) is 0 Å². The number of hydrogen-bond acceptors (Lipinski definition) is 2. The predicted octanol–water partition coefficient (Wildman–Crippen LogP) is 3.52. The number of piperidine rings is 1. The Morgan fingerprint density at radius 3 is 2.61 bits per heavy atom. The molecule has 1 aliphatic rings. The van der Waals surface area contributed by atoms with Gasteiger partial charge < -0.3 is 5.32 Å². The fourth-order valence-corrected chi connectivity index (χ4v) is 2.99. The lowest BCUT2D eigenvalue weighted by molar-refractivity contribution is 0.0924. The molecule has 1 aliphatic heterocycles. The van der Waals surface area contributed by atoms with Crippen LogP contribution in [-0.4, -0.2) is 36.6 Å². The monoisotopic (exact) mass is 254 g/mol. The smallest absolute Gasteiger partial charge is 0.0220 e. The summed E-state index contributed by atoms with van der Waals surface area (Å²) < 4.78 is 0. The fraction of sp³-hybridized carbons (Fsp3) is 1.00. The van der Waals surface area contributed by atoms with E-state index >= 15 is 0 Å². The first kappa shape index (κ1) is 16.0. The number of nitrogens with one attached hydrogen (secondary N) is 1. The van der Waals surface area contributed by atoms with E-state index in [1.165, 1.54) is 38.8 Å². The number of rotatable bonds is 7. The molecule has 2 nitrogen and oxygen atoms in total. The highest BCUT2D eigenvalue weighted by Crippen LogP contribution is 2.24. The van der Waals surface area contributed by atoms with Crippen molar-refractivity contribution >= 4 is 0 Å². The minimum Gasteiger partial charge on any atom is -0.312 e. The van der Waals surface area contributed by atoms with Crippen LogP contribution >= 0.6 is 0 Å². The molecule has 1 saturated heterocycles. The molecular formula is C16H34N2. The van der Waals surface area contributed by atoms with Crippen LogP contribution in [0.4, 0.5) is 0 Å². The Morgan fingerprint density at radius 2 is 2.00 bits per heavy atom. The second-order valence-corrected chi connectivity index (χ2v) is 6.30. The van der Waals surface area contributed by atoms with Gasteiger partial charge in [0.1, 0.15) is 0 Å². The zero-order valence-electron chi connectivity index (χ0n) is 13.2. The first-order valence-electron chi connectivity index (χ1n) is 8.07. The molecule has 1 fully saturated rings. The van der Waals surface area contributed by atoms with Gasteiger partial charge in [-0.1, -0.05) is 34.1 Å². The van der Waals surface area contributed by atoms with Crippen LogP contribution in [0.15, 0.2) is 0 Å². The van der Waals surface area contributed by atoms with E-state index in [1.54, 1.807) is 0 Å². The van der Waals surface area contributed by atoms with Crippen molar-refractivity contribution in [2.75, 3.05) is 19.6 Å². The van der Waals surface area contributed by atoms with Crippen molar-refractivity contribution in [1.82, 2.24) is 10.2 Å². The van der Waals surface area contributed by atoms with Crippen LogP contribution in [0.25, 0.3) is 0 Å². The molecule has 0 aromatic heterocycles. The highest BCUT2D eigenvalue weighted by Gasteiger charge is 2.27. The van der Waals surface area contributed by atoms with Crippen LogP contribution in [-0.2, 0) is 0 Å². The summed E-state index contributed by atoms with van der Waals surface area (Å²) in [5.41, 5.74) is 0. The number of hydrogen-bond donors (Lipinski definition) is 1. The third-order valence-corrected chi connectivity index (χ3v) is 4.92. The minimum atomic E-state index is 0.669. The summed E-state index contributed by atoms with van der Waals surface area (Å²) in [6, 6.07) is 1.43. The second-order valence-electron chi connectivity index (χ2n) is 6.30. The molecule has 0 spiro atoms. The summed E-state index contributed by atoms with van der Waals surface area (Å²) >= 11 is 0. The molecule has 108 valence electrons. The first-order valence-corrected chi connectivity index (χ1v) is 8.07. The van der Waals surface area contributed by atoms with E-state index < -0.39 is 0 Å². The van der Waals surface area contributed by atoms with E-state index in [1.807, 2.05) is 0 Å². The zero-order valence-corrected chi connectivity index (χ0v) is 13.2. The third-order valence-electron chi connectivity index (χ3n) is 4.92. The SMILES string of the molecule is CCCNC(CN1CCCC(C)C1C)C(C)CC. The van der Waals surface area contributed by atoms with E-state index in [-0.39, 0.29) is 0 Å². The predicted molar refractivity (Wildman–Crippen MR) is 81.0 cm³/mol. The van der Waals surface area contributed by atoms with Gasteiger partial charge in [0.05, 0.1) is 0 Å². The van der Waals surface area contributed by atoms with Gasteiger partial charge in [-0.3, -0.25) is 4.90 Å². The van der Waals surface area contributed by atoms with Crippen molar-refractivity contribution in [3.8, 4) is 0 Å². The van der Waals surface area contributed by atoms with Gasteiger partial charge in [0, 0.05) is 18.6 Å². The zero-order chi connectivity index (χ0) is 13.5. The molecule has 1 heterocycles. The molecule has 0 saturated carbocycles. The molecule has 4 unspecified atom stereocenters. The molecule has 0 aromatic rings. The van der Waals surface area contributed by atoms with E-state index in [0.29, 0.717) is 6.04 Å². The second kappa shape index (κ2) is 8.16. The van der Waals surface area contributed by atoms with Crippen molar-refractivity contribution in [3.05, 3.63) is 0 Å². The van der Waals surface area contributed by atoms with Gasteiger partial charge in [0.15, 0.2) is 0 Å². The van der Waals surface area contributed by atoms with Crippen LogP contribution in [0, 0.1) is 11.8 Å². The Morgan fingerprint density at radius 1 is 1.28 bits per heavy atom. The lowest BCUT2D eigenvalue weighted by Crippen LogP contribution is -2.51. The number of nitrogens with zero attached hydrogens (tertiary/aromatic N) is 1. The van der Waals surface area contributed by atoms with Crippen LogP contribution in [0.3, 0.4) is 0 Å². The average molecular weight is 254 g/mol. The Bertz CT molecular complexity index is 217. The molecule has 0 bridgehead atoms. The van der Waals surface area contributed by atoms with E-state index in [4.69, 9.17) is 0 Å². The summed E-state index contributed by atoms with van der Waals surface area (Å²) in [6.45, 7) is 15.5. The molecule has 4 atom stereocenters. The molecule has 0 radical (unpaired) electrons. The highest BCUT2D eigenvalue weighted by molar-refractivity contribution is 4.84. The third kappa shape index (κ3) is 4.55. The summed E-state index contributed by atoms with van der Waals surface area (Å²) in [5, 5.41) is 3.76. The Hall–Kier alpha value is -0.0800. The number of likely N-dealkylation sites (tertiary alicyclic amines) is 1. The molecule has 0 amide bonds. The van der Waals surface area contributed by atoms with Crippen molar-refractivity contribution in [3.63, 3.8) is 0 Å². The first-order chi connectivity index (χ1) is 8.60. The van der Waals surface area contributed by atoms with Gasteiger partial charge >= 0.3 is 0 Å². The average Bonchev–Trinajstić information content (AvgIpc) is 2.38. The van der Waals surface area contributed by atoms with Crippen LogP contribution < -0.4 is 5.32 Å². The lowest BCUT2D eigenvalue weighted by Gasteiger charge is -2.41. The maximum Gasteiger partial charge on any atom is 0.0220 e. The summed E-state index contributed by atoms with van der Waals surface area (Å²) in [7, 11) is 0. The summed E-state index contributed by atoms with van der Waals surface area (Å²) in [5.74, 6) is 1.64. The van der Waals surface area contributed by atoms with Crippen LogP contribution in [0.5, 0.6) is 0 Å². The van der Waals surface area contributed by atoms with Gasteiger partial charge in [0.25, 0.3) is 0 Å². The summed E-state index contributed by atoms with van der Waals surface area (Å²) in [6.07, 6.45) is 5.30. The molecule has 2 heteroatoms. The molecule has 0 aliphatic carbocycles. The van der Waals surface area contributed by atoms with Crippen molar-refractivity contribution in [2.24, 2.45) is 11.8 Å². The standard InChI is InChI=1S/C16H34N2/c1-6-10-17-16(13(3)7-2)12-18-11-8-9-14(4)15(18)5/h13-17H,6-12H2,1-5H3. The quantitative estimate of drug-likeness (QED) is 0.748. The van der Waals surface area contributed by atoms with E-state index in [0.717, 1.165) is 24.4 Å². The maximum absolute atomic E-state index is 3.76.